The van der Waals surface area contributed by atoms with Crippen molar-refractivity contribution in [2.24, 2.45) is 0 Å². The minimum Gasteiger partial charge on any atom is -0.438 e. The van der Waals surface area contributed by atoms with E-state index in [1.807, 2.05) is 26.0 Å². The molecule has 3 rings (SSSR count). The van der Waals surface area contributed by atoms with Crippen LogP contribution in [0.3, 0.4) is 0 Å². The van der Waals surface area contributed by atoms with Gasteiger partial charge in [-0.15, -0.1) is 0 Å². The van der Waals surface area contributed by atoms with Crippen LogP contribution in [0.25, 0.3) is 10.9 Å². The highest BCUT2D eigenvalue weighted by Crippen LogP contribution is 2.39. The van der Waals surface area contributed by atoms with Crippen molar-refractivity contribution in [2.45, 2.75) is 51.9 Å². The Balaban J connectivity index is 1.88. The van der Waals surface area contributed by atoms with Gasteiger partial charge in [0, 0.05) is 27.6 Å². The quantitative estimate of drug-likeness (QED) is 0.819. The molecule has 0 spiro atoms. The normalized spacial score (nSPS) is 27.1. The van der Waals surface area contributed by atoms with Crippen LogP contribution in [0.4, 0.5) is 4.79 Å². The summed E-state index contributed by atoms with van der Waals surface area (Å²) in [5.74, 6) is 0. The molecule has 0 bridgehead atoms. The average Bonchev–Trinajstić information content (AvgIpc) is 2.90. The number of aryl methyl sites for hydroxylation is 1. The first-order chi connectivity index (χ1) is 11.2. The molecule has 1 aromatic heterocycles. The lowest BCUT2D eigenvalue weighted by atomic mass is 9.90. The lowest BCUT2D eigenvalue weighted by Gasteiger charge is -2.36. The standard InChI is InChI=1S/C18H23BrN2O3/c1-5-17(3)18(4,23)21(16(22)24-17)9-8-13-11(2)20-15-7-6-12(19)10-14(13)15/h6-7,10,20,23H,5,8-9H2,1-4H3/t17-,18-/m0/s1. The summed E-state index contributed by atoms with van der Waals surface area (Å²) in [4.78, 5) is 17.1. The topological polar surface area (TPSA) is 65.6 Å². The number of H-pyrrole nitrogens is 1. The molecule has 2 atom stereocenters. The lowest BCUT2D eigenvalue weighted by Crippen LogP contribution is -2.55. The smallest absolute Gasteiger partial charge is 0.412 e. The Kier molecular flexibility index (Phi) is 4.16. The summed E-state index contributed by atoms with van der Waals surface area (Å²) in [5.41, 5.74) is 1.09. The number of hydrogen-bond acceptors (Lipinski definition) is 3. The van der Waals surface area contributed by atoms with E-state index < -0.39 is 17.4 Å². The van der Waals surface area contributed by atoms with Gasteiger partial charge in [-0.05, 0) is 57.4 Å². The fraction of sp³-hybridized carbons (Fsp3) is 0.500. The van der Waals surface area contributed by atoms with Crippen LogP contribution in [0.2, 0.25) is 0 Å². The Morgan fingerprint density at radius 3 is 2.71 bits per heavy atom. The Hall–Kier alpha value is -1.53. The molecule has 130 valence electrons. The minimum absolute atomic E-state index is 0.404. The molecule has 1 saturated heterocycles. The first-order valence-electron chi connectivity index (χ1n) is 8.19. The summed E-state index contributed by atoms with van der Waals surface area (Å²) in [6.45, 7) is 7.77. The van der Waals surface area contributed by atoms with Gasteiger partial charge in [-0.3, -0.25) is 4.90 Å². The molecule has 0 unspecified atom stereocenters. The van der Waals surface area contributed by atoms with Crippen LogP contribution in [0, 0.1) is 6.92 Å². The van der Waals surface area contributed by atoms with Crippen LogP contribution in [0.1, 0.15) is 38.4 Å². The zero-order chi connectivity index (χ0) is 17.7. The third-order valence-electron chi connectivity index (χ3n) is 5.40. The second kappa shape index (κ2) is 5.77. The number of aliphatic hydroxyl groups is 1. The van der Waals surface area contributed by atoms with Crippen molar-refractivity contribution in [3.05, 3.63) is 33.9 Å². The second-order valence-electron chi connectivity index (χ2n) is 6.79. The van der Waals surface area contributed by atoms with Crippen LogP contribution < -0.4 is 0 Å². The van der Waals surface area contributed by atoms with Crippen molar-refractivity contribution >= 4 is 32.9 Å². The third-order valence-corrected chi connectivity index (χ3v) is 5.90. The number of rotatable bonds is 4. The van der Waals surface area contributed by atoms with E-state index in [1.54, 1.807) is 13.8 Å². The zero-order valence-electron chi connectivity index (χ0n) is 14.4. The van der Waals surface area contributed by atoms with Gasteiger partial charge >= 0.3 is 6.09 Å². The SMILES string of the molecule is CC[C@]1(C)OC(=O)N(CCc2c(C)[nH]c3ccc(Br)cc23)[C@@]1(C)O. The molecule has 24 heavy (non-hydrogen) atoms. The molecule has 0 radical (unpaired) electrons. The number of carbonyl (C=O) groups is 1. The highest BCUT2D eigenvalue weighted by atomic mass is 79.9. The number of aromatic nitrogens is 1. The molecule has 1 aliphatic heterocycles. The summed E-state index contributed by atoms with van der Waals surface area (Å²) in [6.07, 6.45) is 0.747. The molecule has 1 aromatic carbocycles. The number of fused-ring (bicyclic) bond motifs is 1. The number of hydrogen-bond donors (Lipinski definition) is 2. The summed E-state index contributed by atoms with van der Waals surface area (Å²) >= 11 is 3.51. The van der Waals surface area contributed by atoms with Crippen molar-refractivity contribution in [2.75, 3.05) is 6.54 Å². The summed E-state index contributed by atoms with van der Waals surface area (Å²) in [6, 6.07) is 6.10. The van der Waals surface area contributed by atoms with Gasteiger partial charge in [-0.2, -0.15) is 0 Å². The summed E-state index contributed by atoms with van der Waals surface area (Å²) < 4.78 is 6.47. The van der Waals surface area contributed by atoms with Crippen LogP contribution in [0.5, 0.6) is 0 Å². The van der Waals surface area contributed by atoms with Gasteiger partial charge in [0.2, 0.25) is 0 Å². The predicted molar refractivity (Wildman–Crippen MR) is 96.9 cm³/mol. The zero-order valence-corrected chi connectivity index (χ0v) is 16.0. The monoisotopic (exact) mass is 394 g/mol. The Morgan fingerprint density at radius 2 is 2.08 bits per heavy atom. The Bertz CT molecular complexity index is 799. The largest absolute Gasteiger partial charge is 0.438 e. The Morgan fingerprint density at radius 1 is 1.38 bits per heavy atom. The van der Waals surface area contributed by atoms with Gasteiger partial charge in [0.25, 0.3) is 0 Å². The van der Waals surface area contributed by atoms with E-state index in [4.69, 9.17) is 4.74 Å². The van der Waals surface area contributed by atoms with E-state index in [2.05, 4.69) is 27.0 Å². The molecule has 2 heterocycles. The molecule has 1 amide bonds. The number of nitrogens with zero attached hydrogens (tertiary/aromatic N) is 1. The van der Waals surface area contributed by atoms with E-state index in [9.17, 15) is 9.90 Å². The molecular formula is C18H23BrN2O3. The number of amides is 1. The van der Waals surface area contributed by atoms with Gasteiger partial charge in [-0.25, -0.2) is 4.79 Å². The number of halogens is 1. The third kappa shape index (κ3) is 2.52. The van der Waals surface area contributed by atoms with Crippen molar-refractivity contribution in [1.82, 2.24) is 9.88 Å². The fourth-order valence-corrected chi connectivity index (χ4v) is 3.79. The predicted octanol–water partition coefficient (Wildman–Crippen LogP) is 4.11. The highest BCUT2D eigenvalue weighted by molar-refractivity contribution is 9.10. The Labute approximate surface area is 150 Å². The molecule has 0 saturated carbocycles. The molecular weight excluding hydrogens is 372 g/mol. The lowest BCUT2D eigenvalue weighted by molar-refractivity contribution is -0.137. The second-order valence-corrected chi connectivity index (χ2v) is 7.71. The maximum Gasteiger partial charge on any atom is 0.412 e. The van der Waals surface area contributed by atoms with Crippen LogP contribution >= 0.6 is 15.9 Å². The molecule has 0 aliphatic carbocycles. The molecule has 1 aliphatic rings. The molecule has 2 aromatic rings. The van der Waals surface area contributed by atoms with Crippen molar-refractivity contribution < 1.29 is 14.6 Å². The van der Waals surface area contributed by atoms with Gasteiger partial charge in [-0.1, -0.05) is 22.9 Å². The molecule has 1 fully saturated rings. The van der Waals surface area contributed by atoms with E-state index in [0.29, 0.717) is 19.4 Å². The maximum atomic E-state index is 12.3. The number of aromatic amines is 1. The van der Waals surface area contributed by atoms with Crippen molar-refractivity contribution in [3.8, 4) is 0 Å². The van der Waals surface area contributed by atoms with Crippen molar-refractivity contribution in [1.29, 1.82) is 0 Å². The average molecular weight is 395 g/mol. The van der Waals surface area contributed by atoms with Gasteiger partial charge in [0.05, 0.1) is 0 Å². The summed E-state index contributed by atoms with van der Waals surface area (Å²) in [5, 5.41) is 12.0. The highest BCUT2D eigenvalue weighted by Gasteiger charge is 2.58. The van der Waals surface area contributed by atoms with Crippen molar-refractivity contribution in [3.63, 3.8) is 0 Å². The number of cyclic esters (lactones) is 1. The van der Waals surface area contributed by atoms with Crippen LogP contribution in [0.15, 0.2) is 22.7 Å². The van der Waals surface area contributed by atoms with Crippen LogP contribution in [-0.2, 0) is 11.2 Å². The van der Waals surface area contributed by atoms with Gasteiger partial charge < -0.3 is 14.8 Å². The van der Waals surface area contributed by atoms with E-state index in [-0.39, 0.29) is 0 Å². The number of nitrogens with one attached hydrogen (secondary N) is 1. The molecule has 5 nitrogen and oxygen atoms in total. The van der Waals surface area contributed by atoms with Crippen LogP contribution in [-0.4, -0.2) is 39.0 Å². The summed E-state index contributed by atoms with van der Waals surface area (Å²) in [7, 11) is 0. The maximum absolute atomic E-state index is 12.3. The van der Waals surface area contributed by atoms with E-state index >= 15 is 0 Å². The first-order valence-corrected chi connectivity index (χ1v) is 8.98. The van der Waals surface area contributed by atoms with Gasteiger partial charge in [0.1, 0.15) is 0 Å². The number of ether oxygens (including phenoxy) is 1. The van der Waals surface area contributed by atoms with Gasteiger partial charge in [0.15, 0.2) is 11.3 Å². The van der Waals surface area contributed by atoms with E-state index in [0.717, 1.165) is 26.6 Å². The molecule has 2 N–H and O–H groups in total. The molecule has 6 heteroatoms. The van der Waals surface area contributed by atoms with E-state index in [1.165, 1.54) is 4.90 Å². The number of benzene rings is 1. The first kappa shape index (κ1) is 17.3. The minimum atomic E-state index is -1.32. The number of carbonyl (C=O) groups excluding carboxylic acids is 1. The fourth-order valence-electron chi connectivity index (χ4n) is 3.42.